The molecular formula is C30H32Cl2FN3O5. The van der Waals surface area contributed by atoms with Crippen LogP contribution >= 0.6 is 23.2 Å². The molecule has 0 bridgehead atoms. The Bertz CT molecular complexity index is 1480. The minimum absolute atomic E-state index is 0.154. The van der Waals surface area contributed by atoms with Crippen molar-refractivity contribution in [2.45, 2.75) is 57.0 Å². The number of Topliss-reactive ketones (excluding diaryl/α,β-unsaturated/α-hetero) is 1. The lowest BCUT2D eigenvalue weighted by Crippen LogP contribution is -2.54. The molecule has 0 radical (unpaired) electrons. The summed E-state index contributed by atoms with van der Waals surface area (Å²) in [6.45, 7) is 0.751. The number of ether oxygens (including phenoxy) is 1. The second kappa shape index (κ2) is 12.1. The Kier molecular flexibility index (Phi) is 8.70. The van der Waals surface area contributed by atoms with E-state index in [4.69, 9.17) is 27.9 Å². The molecule has 2 N–H and O–H groups in total. The number of aryl methyl sites for hydroxylation is 1. The lowest BCUT2D eigenvalue weighted by Gasteiger charge is -2.37. The zero-order chi connectivity index (χ0) is 29.3. The molecule has 5 rings (SSSR count). The summed E-state index contributed by atoms with van der Waals surface area (Å²) < 4.78 is 24.2. The van der Waals surface area contributed by atoms with E-state index in [0.717, 1.165) is 23.7 Å². The normalized spacial score (nSPS) is 21.1. The number of fused-ring (bicyclic) bond motifs is 1. The number of benzene rings is 2. The van der Waals surface area contributed by atoms with E-state index in [0.29, 0.717) is 49.9 Å². The van der Waals surface area contributed by atoms with Crippen LogP contribution in [0.3, 0.4) is 0 Å². The van der Waals surface area contributed by atoms with Crippen LogP contribution < -0.4 is 5.32 Å². The first kappa shape index (κ1) is 29.5. The SMILES string of the molecule is Cn1cc(C(=O)Nc2cc(Cl)c(CC(=O)C(F)(O[C@H]3CC[C@H](C(=O)O)CC3)N3CCCC3)cc2Cl)c2ccccc21. The number of carboxylic acids is 1. The molecular weight excluding hydrogens is 572 g/mol. The monoisotopic (exact) mass is 603 g/mol. The summed E-state index contributed by atoms with van der Waals surface area (Å²) in [5.41, 5.74) is 1.95. The number of para-hydroxylation sites is 1. The number of hydrogen-bond acceptors (Lipinski definition) is 5. The molecule has 2 aromatic carbocycles. The number of nitrogens with one attached hydrogen (secondary N) is 1. The summed E-state index contributed by atoms with van der Waals surface area (Å²) in [5.74, 6) is -5.17. The van der Waals surface area contributed by atoms with Crippen LogP contribution in [-0.4, -0.2) is 57.4 Å². The van der Waals surface area contributed by atoms with Crippen LogP contribution in [0.5, 0.6) is 0 Å². The summed E-state index contributed by atoms with van der Waals surface area (Å²) >= 11 is 13.0. The van der Waals surface area contributed by atoms with Crippen LogP contribution in [0, 0.1) is 5.92 Å². The number of halogens is 3. The topological polar surface area (TPSA) is 101 Å². The van der Waals surface area contributed by atoms with Gasteiger partial charge in [-0.25, -0.2) is 4.90 Å². The predicted octanol–water partition coefficient (Wildman–Crippen LogP) is 6.23. The number of amides is 1. The number of rotatable bonds is 9. The molecule has 1 saturated heterocycles. The molecule has 1 amide bonds. The molecule has 2 fully saturated rings. The van der Waals surface area contributed by atoms with E-state index in [9.17, 15) is 19.5 Å². The molecule has 1 unspecified atom stereocenters. The molecule has 1 aromatic heterocycles. The number of carbonyl (C=O) groups is 3. The Morgan fingerprint density at radius 2 is 1.76 bits per heavy atom. The highest BCUT2D eigenvalue weighted by Crippen LogP contribution is 2.36. The Balaban J connectivity index is 1.32. The molecule has 218 valence electrons. The Morgan fingerprint density at radius 3 is 2.44 bits per heavy atom. The number of carboxylic acid groups (broad SMARTS) is 1. The van der Waals surface area contributed by atoms with Crippen molar-refractivity contribution in [1.29, 1.82) is 0 Å². The number of hydrogen-bond donors (Lipinski definition) is 2. The van der Waals surface area contributed by atoms with Gasteiger partial charge < -0.3 is 19.7 Å². The second-order valence-electron chi connectivity index (χ2n) is 10.8. The van der Waals surface area contributed by atoms with E-state index in [2.05, 4.69) is 5.32 Å². The number of aromatic nitrogens is 1. The van der Waals surface area contributed by atoms with Gasteiger partial charge in [-0.2, -0.15) is 4.39 Å². The van der Waals surface area contributed by atoms with E-state index in [-0.39, 0.29) is 28.1 Å². The van der Waals surface area contributed by atoms with Crippen LogP contribution in [0.2, 0.25) is 10.0 Å². The van der Waals surface area contributed by atoms with Crippen molar-refractivity contribution in [3.8, 4) is 0 Å². The largest absolute Gasteiger partial charge is 0.481 e. The van der Waals surface area contributed by atoms with E-state index < -0.39 is 29.8 Å². The van der Waals surface area contributed by atoms with Crippen molar-refractivity contribution in [1.82, 2.24) is 9.47 Å². The van der Waals surface area contributed by atoms with Gasteiger partial charge in [-0.05, 0) is 62.3 Å². The van der Waals surface area contributed by atoms with E-state index >= 15 is 4.39 Å². The van der Waals surface area contributed by atoms with E-state index in [1.807, 2.05) is 35.9 Å². The van der Waals surface area contributed by atoms with Crippen molar-refractivity contribution in [3.05, 3.63) is 63.8 Å². The number of aliphatic carboxylic acids is 1. The zero-order valence-corrected chi connectivity index (χ0v) is 24.2. The molecule has 1 saturated carbocycles. The summed E-state index contributed by atoms with van der Waals surface area (Å²) in [5, 5.41) is 13.2. The van der Waals surface area contributed by atoms with Crippen LogP contribution in [0.1, 0.15) is 54.4 Å². The summed E-state index contributed by atoms with van der Waals surface area (Å²) in [4.78, 5) is 39.3. The summed E-state index contributed by atoms with van der Waals surface area (Å²) in [7, 11) is 1.85. The van der Waals surface area contributed by atoms with Crippen molar-refractivity contribution in [2.75, 3.05) is 18.4 Å². The fraction of sp³-hybridized carbons (Fsp3) is 0.433. The third-order valence-corrected chi connectivity index (χ3v) is 8.74. The fourth-order valence-electron chi connectivity index (χ4n) is 5.78. The molecule has 0 spiro atoms. The number of nitrogens with zero attached hydrogens (tertiary/aromatic N) is 2. The standard InChI is InChI=1S/C30H32Cl2FN3O5/c1-35-17-22(21-6-2-3-7-26(21)35)28(38)34-25-16-23(31)19(14-24(25)32)15-27(37)30(33,36-12-4-5-13-36)41-20-10-8-18(9-11-20)29(39)40/h2-3,6-7,14,16-18,20H,4-5,8-13,15H2,1H3,(H,34,38)(H,39,40)/t18-,20-,30?. The first-order valence-electron chi connectivity index (χ1n) is 13.8. The number of ketones is 1. The molecule has 2 aliphatic rings. The van der Waals surface area contributed by atoms with Gasteiger partial charge in [-0.3, -0.25) is 14.4 Å². The minimum atomic E-state index is -2.66. The van der Waals surface area contributed by atoms with E-state index in [1.54, 1.807) is 6.20 Å². The van der Waals surface area contributed by atoms with Crippen LogP contribution in [0.4, 0.5) is 10.1 Å². The zero-order valence-electron chi connectivity index (χ0n) is 22.7. The van der Waals surface area contributed by atoms with Gasteiger partial charge in [0.15, 0.2) is 0 Å². The minimum Gasteiger partial charge on any atom is -0.481 e. The maximum atomic E-state index is 16.5. The van der Waals surface area contributed by atoms with Gasteiger partial charge in [0.1, 0.15) is 0 Å². The molecule has 1 atom stereocenters. The molecule has 8 nitrogen and oxygen atoms in total. The number of carbonyl (C=O) groups excluding carboxylic acids is 2. The third kappa shape index (κ3) is 6.14. The Hall–Kier alpha value is -2.98. The first-order chi connectivity index (χ1) is 19.6. The van der Waals surface area contributed by atoms with Gasteiger partial charge >= 0.3 is 11.9 Å². The van der Waals surface area contributed by atoms with Crippen molar-refractivity contribution < 1.29 is 28.6 Å². The molecule has 1 aliphatic heterocycles. The predicted molar refractivity (Wildman–Crippen MR) is 155 cm³/mol. The molecule has 3 aromatic rings. The third-order valence-electron chi connectivity index (χ3n) is 8.08. The lowest BCUT2D eigenvalue weighted by atomic mass is 9.87. The van der Waals surface area contributed by atoms with Gasteiger partial charge in [0.25, 0.3) is 5.91 Å². The van der Waals surface area contributed by atoms with Gasteiger partial charge in [0.05, 0.1) is 28.3 Å². The van der Waals surface area contributed by atoms with Crippen LogP contribution in [0.15, 0.2) is 42.6 Å². The van der Waals surface area contributed by atoms with Crippen molar-refractivity contribution in [2.24, 2.45) is 13.0 Å². The number of anilines is 1. The molecule has 1 aliphatic carbocycles. The van der Waals surface area contributed by atoms with Crippen LogP contribution in [0.25, 0.3) is 10.9 Å². The Morgan fingerprint density at radius 1 is 1.07 bits per heavy atom. The van der Waals surface area contributed by atoms with Gasteiger partial charge in [0.2, 0.25) is 5.78 Å². The highest BCUT2D eigenvalue weighted by molar-refractivity contribution is 6.36. The lowest BCUT2D eigenvalue weighted by molar-refractivity contribution is -0.252. The first-order valence-corrected chi connectivity index (χ1v) is 14.5. The van der Waals surface area contributed by atoms with Crippen molar-refractivity contribution in [3.63, 3.8) is 0 Å². The highest BCUT2D eigenvalue weighted by Gasteiger charge is 2.49. The second-order valence-corrected chi connectivity index (χ2v) is 11.6. The molecule has 2 heterocycles. The summed E-state index contributed by atoms with van der Waals surface area (Å²) in [6, 6.07) is 10.4. The molecule has 41 heavy (non-hydrogen) atoms. The molecule has 11 heteroatoms. The fourth-order valence-corrected chi connectivity index (χ4v) is 6.25. The van der Waals surface area contributed by atoms with E-state index in [1.165, 1.54) is 17.0 Å². The van der Waals surface area contributed by atoms with Crippen molar-refractivity contribution >= 4 is 57.5 Å². The number of likely N-dealkylation sites (tertiary alicyclic amines) is 1. The average molecular weight is 605 g/mol. The highest BCUT2D eigenvalue weighted by atomic mass is 35.5. The smallest absolute Gasteiger partial charge is 0.330 e. The Labute approximate surface area is 247 Å². The number of alkyl halides is 1. The quantitative estimate of drug-likeness (QED) is 0.281. The van der Waals surface area contributed by atoms with Gasteiger partial charge in [0, 0.05) is 48.7 Å². The summed E-state index contributed by atoms with van der Waals surface area (Å²) in [6.07, 6.45) is 3.75. The maximum absolute atomic E-state index is 16.5. The maximum Gasteiger partial charge on any atom is 0.330 e. The van der Waals surface area contributed by atoms with Gasteiger partial charge in [-0.1, -0.05) is 41.4 Å². The average Bonchev–Trinajstić information content (AvgIpc) is 3.61. The van der Waals surface area contributed by atoms with Gasteiger partial charge in [-0.15, -0.1) is 0 Å². The van der Waals surface area contributed by atoms with Crippen LogP contribution in [-0.2, 0) is 27.8 Å².